The molecular formula is C18H24N4O3. The number of hydrogen-bond acceptors (Lipinski definition) is 4. The molecule has 1 saturated heterocycles. The number of nitrogens with zero attached hydrogens (tertiary/aromatic N) is 3. The van der Waals surface area contributed by atoms with E-state index in [0.29, 0.717) is 18.8 Å². The van der Waals surface area contributed by atoms with Crippen LogP contribution in [0.25, 0.3) is 0 Å². The number of hydrogen-bond donors (Lipinski definition) is 1. The van der Waals surface area contributed by atoms with Gasteiger partial charge < -0.3 is 19.2 Å². The van der Waals surface area contributed by atoms with Crippen molar-refractivity contribution < 1.29 is 9.53 Å². The first-order chi connectivity index (χ1) is 12.1. The molecule has 0 aliphatic carbocycles. The van der Waals surface area contributed by atoms with Gasteiger partial charge in [0, 0.05) is 57.0 Å². The molecule has 7 nitrogen and oxygen atoms in total. The summed E-state index contributed by atoms with van der Waals surface area (Å²) in [5.41, 5.74) is 0.167. The number of amides is 1. The average Bonchev–Trinajstić information content (AvgIpc) is 3.11. The average molecular weight is 344 g/mol. The summed E-state index contributed by atoms with van der Waals surface area (Å²) in [4.78, 5) is 29.0. The summed E-state index contributed by atoms with van der Waals surface area (Å²) in [5, 5.41) is 3.10. The summed E-state index contributed by atoms with van der Waals surface area (Å²) in [7, 11) is 1.66. The normalized spacial score (nSPS) is 16.6. The van der Waals surface area contributed by atoms with Gasteiger partial charge in [-0.25, -0.2) is 4.98 Å². The van der Waals surface area contributed by atoms with Crippen LogP contribution in [0.2, 0.25) is 0 Å². The number of carbonyl (C=O) groups excluding carboxylic acids is 1. The monoisotopic (exact) mass is 344 g/mol. The summed E-state index contributed by atoms with van der Waals surface area (Å²) in [6.07, 6.45) is 7.03. The zero-order valence-corrected chi connectivity index (χ0v) is 14.6. The zero-order chi connectivity index (χ0) is 17.8. The predicted octanol–water partition coefficient (Wildman–Crippen LogP) is 1.50. The van der Waals surface area contributed by atoms with Gasteiger partial charge in [0.15, 0.2) is 0 Å². The lowest BCUT2D eigenvalue weighted by molar-refractivity contribution is 0.0498. The third-order valence-electron chi connectivity index (χ3n) is 4.76. The van der Waals surface area contributed by atoms with E-state index in [1.165, 1.54) is 10.6 Å². The van der Waals surface area contributed by atoms with Gasteiger partial charge in [-0.1, -0.05) is 0 Å². The third-order valence-corrected chi connectivity index (χ3v) is 4.76. The van der Waals surface area contributed by atoms with Gasteiger partial charge in [-0.3, -0.25) is 9.59 Å². The Morgan fingerprint density at radius 1 is 1.40 bits per heavy atom. The number of pyridine rings is 1. The largest absolute Gasteiger partial charge is 0.381 e. The fraction of sp³-hybridized carbons (Fsp3) is 0.500. The quantitative estimate of drug-likeness (QED) is 0.892. The molecule has 0 aromatic carbocycles. The van der Waals surface area contributed by atoms with Crippen LogP contribution < -0.4 is 10.9 Å². The van der Waals surface area contributed by atoms with E-state index in [1.807, 2.05) is 10.8 Å². The van der Waals surface area contributed by atoms with Gasteiger partial charge in [-0.15, -0.1) is 0 Å². The van der Waals surface area contributed by atoms with Crippen molar-refractivity contribution in [3.05, 3.63) is 52.5 Å². The van der Waals surface area contributed by atoms with Crippen molar-refractivity contribution in [1.29, 1.82) is 0 Å². The Morgan fingerprint density at radius 2 is 2.16 bits per heavy atom. The van der Waals surface area contributed by atoms with Crippen molar-refractivity contribution in [1.82, 2.24) is 19.4 Å². The van der Waals surface area contributed by atoms with Gasteiger partial charge in [0.25, 0.3) is 11.5 Å². The maximum absolute atomic E-state index is 12.7. The molecule has 1 aliphatic rings. The Bertz CT molecular complexity index is 790. The minimum Gasteiger partial charge on any atom is -0.381 e. The highest BCUT2D eigenvalue weighted by molar-refractivity contribution is 5.94. The Hall–Kier alpha value is -2.41. The highest BCUT2D eigenvalue weighted by Gasteiger charge is 2.30. The Morgan fingerprint density at radius 3 is 2.84 bits per heavy atom. The van der Waals surface area contributed by atoms with Gasteiger partial charge >= 0.3 is 0 Å². The van der Waals surface area contributed by atoms with Crippen LogP contribution in [0.1, 0.15) is 42.0 Å². The van der Waals surface area contributed by atoms with Crippen LogP contribution in [-0.2, 0) is 18.3 Å². The number of imidazole rings is 1. The number of ether oxygens (including phenoxy) is 1. The molecule has 3 rings (SSSR count). The molecule has 0 saturated carbocycles. The number of rotatable bonds is 5. The summed E-state index contributed by atoms with van der Waals surface area (Å²) < 4.78 is 8.95. The molecule has 0 radical (unpaired) electrons. The molecule has 1 atom stereocenters. The number of aryl methyl sites for hydroxylation is 2. The second-order valence-corrected chi connectivity index (χ2v) is 6.34. The Labute approximate surface area is 146 Å². The van der Waals surface area contributed by atoms with E-state index in [2.05, 4.69) is 17.2 Å². The first kappa shape index (κ1) is 17.4. The molecule has 3 heterocycles. The van der Waals surface area contributed by atoms with Crippen LogP contribution in [0.5, 0.6) is 0 Å². The van der Waals surface area contributed by atoms with Crippen molar-refractivity contribution in [2.45, 2.75) is 32.4 Å². The van der Waals surface area contributed by atoms with E-state index in [0.717, 1.165) is 25.2 Å². The van der Waals surface area contributed by atoms with E-state index in [9.17, 15) is 9.59 Å². The summed E-state index contributed by atoms with van der Waals surface area (Å²) in [6.45, 7) is 4.22. The molecule has 25 heavy (non-hydrogen) atoms. The van der Waals surface area contributed by atoms with Gasteiger partial charge in [0.1, 0.15) is 5.82 Å². The molecule has 0 unspecified atom stereocenters. The topological polar surface area (TPSA) is 78.2 Å². The van der Waals surface area contributed by atoms with Crippen LogP contribution in [0.15, 0.2) is 35.5 Å². The smallest absolute Gasteiger partial charge is 0.252 e. The molecule has 0 bridgehead atoms. The van der Waals surface area contributed by atoms with Crippen molar-refractivity contribution in [3.8, 4) is 0 Å². The van der Waals surface area contributed by atoms with E-state index < -0.39 is 0 Å². The number of nitrogens with one attached hydrogen (secondary N) is 1. The minimum absolute atomic E-state index is 0.199. The van der Waals surface area contributed by atoms with Crippen LogP contribution >= 0.6 is 0 Å². The van der Waals surface area contributed by atoms with Crippen LogP contribution in [0, 0.1) is 5.92 Å². The van der Waals surface area contributed by atoms with Gasteiger partial charge in [0.2, 0.25) is 0 Å². The maximum Gasteiger partial charge on any atom is 0.252 e. The molecule has 1 fully saturated rings. The second kappa shape index (κ2) is 7.65. The molecule has 2 aromatic rings. The molecule has 134 valence electrons. The first-order valence-electron chi connectivity index (χ1n) is 8.66. The van der Waals surface area contributed by atoms with E-state index >= 15 is 0 Å². The first-order valence-corrected chi connectivity index (χ1v) is 8.66. The standard InChI is InChI=1S/C18H24N4O3/c1-3-22-9-7-19-17(22)16(13-5-10-25-11-6-13)20-18(24)14-4-8-21(2)15(23)12-14/h4,7-9,12-13,16H,3,5-6,10-11H2,1-2H3,(H,20,24)/t16-/m0/s1. The van der Waals surface area contributed by atoms with E-state index in [-0.39, 0.29) is 23.4 Å². The van der Waals surface area contributed by atoms with Crippen molar-refractivity contribution in [3.63, 3.8) is 0 Å². The highest BCUT2D eigenvalue weighted by atomic mass is 16.5. The van der Waals surface area contributed by atoms with Gasteiger partial charge in [-0.05, 0) is 31.7 Å². The molecular weight excluding hydrogens is 320 g/mol. The molecule has 2 aromatic heterocycles. The Kier molecular flexibility index (Phi) is 5.33. The van der Waals surface area contributed by atoms with Crippen molar-refractivity contribution >= 4 is 5.91 Å². The molecule has 1 amide bonds. The molecule has 7 heteroatoms. The fourth-order valence-electron chi connectivity index (χ4n) is 3.22. The van der Waals surface area contributed by atoms with Crippen molar-refractivity contribution in [2.24, 2.45) is 13.0 Å². The third kappa shape index (κ3) is 3.82. The summed E-state index contributed by atoms with van der Waals surface area (Å²) >= 11 is 0. The van der Waals surface area contributed by atoms with Gasteiger partial charge in [0.05, 0.1) is 6.04 Å². The fourth-order valence-corrected chi connectivity index (χ4v) is 3.22. The van der Waals surface area contributed by atoms with Crippen molar-refractivity contribution in [2.75, 3.05) is 13.2 Å². The second-order valence-electron chi connectivity index (χ2n) is 6.34. The molecule has 1 N–H and O–H groups in total. The Balaban J connectivity index is 1.87. The highest BCUT2D eigenvalue weighted by Crippen LogP contribution is 2.29. The van der Waals surface area contributed by atoms with Crippen LogP contribution in [-0.4, -0.2) is 33.2 Å². The van der Waals surface area contributed by atoms with Crippen LogP contribution in [0.4, 0.5) is 0 Å². The molecule has 1 aliphatic heterocycles. The van der Waals surface area contributed by atoms with Crippen LogP contribution in [0.3, 0.4) is 0 Å². The van der Waals surface area contributed by atoms with E-state index in [4.69, 9.17) is 4.74 Å². The summed E-state index contributed by atoms with van der Waals surface area (Å²) in [5.74, 6) is 0.864. The lowest BCUT2D eigenvalue weighted by atomic mass is 9.90. The summed E-state index contributed by atoms with van der Waals surface area (Å²) in [6, 6.07) is 2.82. The maximum atomic E-state index is 12.7. The number of aromatic nitrogens is 3. The molecule has 0 spiro atoms. The zero-order valence-electron chi connectivity index (χ0n) is 14.6. The predicted molar refractivity (Wildman–Crippen MR) is 93.3 cm³/mol. The van der Waals surface area contributed by atoms with E-state index in [1.54, 1.807) is 25.5 Å². The lowest BCUT2D eigenvalue weighted by Gasteiger charge is -2.31. The minimum atomic E-state index is -0.250. The lowest BCUT2D eigenvalue weighted by Crippen LogP contribution is -2.38. The SMILES string of the molecule is CCn1ccnc1[C@@H](NC(=O)c1ccn(C)c(=O)c1)C1CCOCC1. The van der Waals surface area contributed by atoms with Gasteiger partial charge in [-0.2, -0.15) is 0 Å². The number of carbonyl (C=O) groups is 1.